The third kappa shape index (κ3) is 3.71. The molecule has 3 rings (SSSR count). The second-order valence-corrected chi connectivity index (χ2v) is 6.68. The molecule has 6 heteroatoms. The predicted molar refractivity (Wildman–Crippen MR) is 92.6 cm³/mol. The maximum absolute atomic E-state index is 12.3. The molecule has 1 unspecified atom stereocenters. The summed E-state index contributed by atoms with van der Waals surface area (Å²) in [5.41, 5.74) is 1.64. The van der Waals surface area contributed by atoms with E-state index >= 15 is 0 Å². The molecule has 2 aromatic rings. The lowest BCUT2D eigenvalue weighted by Crippen LogP contribution is -2.39. The Labute approximate surface area is 139 Å². The minimum atomic E-state index is -0.174. The van der Waals surface area contributed by atoms with Gasteiger partial charge in [0.2, 0.25) is 11.8 Å². The first-order valence-electron chi connectivity index (χ1n) is 7.57. The fourth-order valence-electron chi connectivity index (χ4n) is 2.60. The van der Waals surface area contributed by atoms with Crippen LogP contribution in [0.2, 0.25) is 0 Å². The molecule has 5 nitrogen and oxygen atoms in total. The van der Waals surface area contributed by atoms with Crippen molar-refractivity contribution in [1.82, 2.24) is 5.32 Å². The minimum absolute atomic E-state index is 0.0149. The van der Waals surface area contributed by atoms with Gasteiger partial charge in [0, 0.05) is 11.4 Å². The standard InChI is InChI=1S/C17H19N3O2S/c1-12-10-20(11-16(21)18-9-13-5-4-8-23-13)15-7-3-2-6-14(15)19-17(12)22/h2-8,12H,9-11H2,1H3,(H,18,21)(H,19,22). The molecule has 2 amide bonds. The molecule has 0 fully saturated rings. The number of para-hydroxylation sites is 2. The van der Waals surface area contributed by atoms with Gasteiger partial charge in [-0.15, -0.1) is 11.3 Å². The van der Waals surface area contributed by atoms with Crippen LogP contribution in [0.15, 0.2) is 41.8 Å². The van der Waals surface area contributed by atoms with Gasteiger partial charge in [-0.3, -0.25) is 9.59 Å². The molecule has 23 heavy (non-hydrogen) atoms. The topological polar surface area (TPSA) is 61.4 Å². The first kappa shape index (κ1) is 15.6. The number of carbonyl (C=O) groups excluding carboxylic acids is 2. The zero-order chi connectivity index (χ0) is 16.2. The van der Waals surface area contributed by atoms with Gasteiger partial charge in [0.15, 0.2) is 0 Å². The largest absolute Gasteiger partial charge is 0.360 e. The van der Waals surface area contributed by atoms with Crippen LogP contribution in [0.25, 0.3) is 0 Å². The van der Waals surface area contributed by atoms with Crippen LogP contribution in [-0.2, 0) is 16.1 Å². The second kappa shape index (κ2) is 6.83. The van der Waals surface area contributed by atoms with Gasteiger partial charge in [0.1, 0.15) is 0 Å². The van der Waals surface area contributed by atoms with Gasteiger partial charge in [0.05, 0.1) is 30.4 Å². The Bertz CT molecular complexity index is 700. The average Bonchev–Trinajstić information content (AvgIpc) is 3.02. The normalized spacial score (nSPS) is 17.2. The van der Waals surface area contributed by atoms with Crippen molar-refractivity contribution < 1.29 is 9.59 Å². The van der Waals surface area contributed by atoms with Gasteiger partial charge < -0.3 is 15.5 Å². The van der Waals surface area contributed by atoms with Crippen LogP contribution in [-0.4, -0.2) is 24.9 Å². The maximum atomic E-state index is 12.3. The smallest absolute Gasteiger partial charge is 0.239 e. The number of hydrogen-bond donors (Lipinski definition) is 2. The van der Waals surface area contributed by atoms with Crippen LogP contribution in [0.4, 0.5) is 11.4 Å². The zero-order valence-corrected chi connectivity index (χ0v) is 13.7. The first-order chi connectivity index (χ1) is 11.1. The molecule has 0 spiro atoms. The third-order valence-corrected chi connectivity index (χ3v) is 4.70. The molecule has 0 radical (unpaired) electrons. The van der Waals surface area contributed by atoms with E-state index in [-0.39, 0.29) is 24.3 Å². The van der Waals surface area contributed by atoms with E-state index in [0.29, 0.717) is 13.1 Å². The number of amides is 2. The Morgan fingerprint density at radius 1 is 1.35 bits per heavy atom. The molecule has 0 saturated carbocycles. The van der Waals surface area contributed by atoms with Crippen molar-refractivity contribution in [3.05, 3.63) is 46.7 Å². The van der Waals surface area contributed by atoms with Gasteiger partial charge in [-0.05, 0) is 23.6 Å². The Morgan fingerprint density at radius 3 is 2.96 bits per heavy atom. The van der Waals surface area contributed by atoms with E-state index in [1.807, 2.05) is 53.6 Å². The molecule has 0 aliphatic carbocycles. The summed E-state index contributed by atoms with van der Waals surface area (Å²) in [6.07, 6.45) is 0. The quantitative estimate of drug-likeness (QED) is 0.906. The van der Waals surface area contributed by atoms with Crippen molar-refractivity contribution in [3.63, 3.8) is 0 Å². The van der Waals surface area contributed by atoms with Crippen molar-refractivity contribution in [2.24, 2.45) is 5.92 Å². The molecule has 1 aliphatic rings. The van der Waals surface area contributed by atoms with E-state index in [4.69, 9.17) is 0 Å². The number of carbonyl (C=O) groups is 2. The Kier molecular flexibility index (Phi) is 4.62. The fourth-order valence-corrected chi connectivity index (χ4v) is 3.25. The molecule has 2 N–H and O–H groups in total. The van der Waals surface area contributed by atoms with E-state index in [0.717, 1.165) is 16.3 Å². The van der Waals surface area contributed by atoms with Crippen LogP contribution in [0, 0.1) is 5.92 Å². The fraction of sp³-hybridized carbons (Fsp3) is 0.294. The number of hydrogen-bond acceptors (Lipinski definition) is 4. The summed E-state index contributed by atoms with van der Waals surface area (Å²) in [5, 5.41) is 7.84. The summed E-state index contributed by atoms with van der Waals surface area (Å²) >= 11 is 1.62. The van der Waals surface area contributed by atoms with Gasteiger partial charge in [-0.1, -0.05) is 25.1 Å². The van der Waals surface area contributed by atoms with Crippen molar-refractivity contribution in [1.29, 1.82) is 0 Å². The summed E-state index contributed by atoms with van der Waals surface area (Å²) in [7, 11) is 0. The highest BCUT2D eigenvalue weighted by molar-refractivity contribution is 7.09. The van der Waals surface area contributed by atoms with E-state index in [1.54, 1.807) is 11.3 Å². The van der Waals surface area contributed by atoms with Gasteiger partial charge in [-0.2, -0.15) is 0 Å². The van der Waals surface area contributed by atoms with Crippen molar-refractivity contribution in [2.75, 3.05) is 23.3 Å². The van der Waals surface area contributed by atoms with Crippen molar-refractivity contribution >= 4 is 34.5 Å². The summed E-state index contributed by atoms with van der Waals surface area (Å²) in [4.78, 5) is 27.4. The lowest BCUT2D eigenvalue weighted by Gasteiger charge is -2.24. The van der Waals surface area contributed by atoms with Crippen LogP contribution in [0.3, 0.4) is 0 Å². The first-order valence-corrected chi connectivity index (χ1v) is 8.45. The Hall–Kier alpha value is -2.34. The molecule has 0 saturated heterocycles. The van der Waals surface area contributed by atoms with Crippen LogP contribution >= 0.6 is 11.3 Å². The predicted octanol–water partition coefficient (Wildman–Crippen LogP) is 2.46. The van der Waals surface area contributed by atoms with Gasteiger partial charge in [0.25, 0.3) is 0 Å². The Balaban J connectivity index is 1.70. The number of nitrogens with zero attached hydrogens (tertiary/aromatic N) is 1. The van der Waals surface area contributed by atoms with Gasteiger partial charge in [-0.25, -0.2) is 0 Å². The molecule has 1 aliphatic heterocycles. The SMILES string of the molecule is CC1CN(CC(=O)NCc2cccs2)c2ccccc2NC1=O. The molecule has 1 atom stereocenters. The molecule has 0 bridgehead atoms. The van der Waals surface area contributed by atoms with Crippen LogP contribution in [0.5, 0.6) is 0 Å². The van der Waals surface area contributed by atoms with Gasteiger partial charge >= 0.3 is 0 Å². The summed E-state index contributed by atoms with van der Waals surface area (Å²) in [5.74, 6) is -0.235. The highest BCUT2D eigenvalue weighted by Gasteiger charge is 2.25. The van der Waals surface area contributed by atoms with Crippen LogP contribution < -0.4 is 15.5 Å². The highest BCUT2D eigenvalue weighted by Crippen LogP contribution is 2.29. The molecule has 1 aromatic carbocycles. The molecule has 1 aromatic heterocycles. The number of thiophene rings is 1. The maximum Gasteiger partial charge on any atom is 0.239 e. The van der Waals surface area contributed by atoms with E-state index < -0.39 is 0 Å². The number of fused-ring (bicyclic) bond motifs is 1. The lowest BCUT2D eigenvalue weighted by molar-refractivity contribution is -0.121. The molecule has 120 valence electrons. The van der Waals surface area contributed by atoms with Crippen molar-refractivity contribution in [3.8, 4) is 0 Å². The minimum Gasteiger partial charge on any atom is -0.360 e. The number of rotatable bonds is 4. The van der Waals surface area contributed by atoms with Crippen molar-refractivity contribution in [2.45, 2.75) is 13.5 Å². The number of anilines is 2. The molecular formula is C17H19N3O2S. The Morgan fingerprint density at radius 2 is 2.17 bits per heavy atom. The molecular weight excluding hydrogens is 310 g/mol. The summed E-state index contributed by atoms with van der Waals surface area (Å²) < 4.78 is 0. The average molecular weight is 329 g/mol. The van der Waals surface area contributed by atoms with E-state index in [2.05, 4.69) is 10.6 Å². The highest BCUT2D eigenvalue weighted by atomic mass is 32.1. The second-order valence-electron chi connectivity index (χ2n) is 5.64. The lowest BCUT2D eigenvalue weighted by atomic mass is 10.1. The van der Waals surface area contributed by atoms with Crippen LogP contribution in [0.1, 0.15) is 11.8 Å². The summed E-state index contributed by atoms with van der Waals surface area (Å²) in [6.45, 7) is 3.17. The number of benzene rings is 1. The van der Waals surface area contributed by atoms with E-state index in [1.165, 1.54) is 0 Å². The zero-order valence-electron chi connectivity index (χ0n) is 12.9. The summed E-state index contributed by atoms with van der Waals surface area (Å²) in [6, 6.07) is 11.6. The number of nitrogens with one attached hydrogen (secondary N) is 2. The third-order valence-electron chi connectivity index (χ3n) is 3.82. The van der Waals surface area contributed by atoms with E-state index in [9.17, 15) is 9.59 Å². The monoisotopic (exact) mass is 329 g/mol. The molecule has 2 heterocycles.